The van der Waals surface area contributed by atoms with E-state index in [1.807, 2.05) is 6.92 Å². The maximum Gasteiger partial charge on any atom is 0.339 e. The van der Waals surface area contributed by atoms with Gasteiger partial charge in [-0.1, -0.05) is 13.8 Å². The SMILES string of the molecule is COC(=O)C1O[C@H](OCC(=NNC(N)=O)[C@@]2(O)CCC3C4CCC5C[C@H](OC(C)=O)CCC5(C)C4C(=O)CC32C)[C@@H](OC(C)=O)[C@H](OC(C)=O)[C@H]1OC(C)=O. The highest BCUT2D eigenvalue weighted by Gasteiger charge is 2.69. The molecule has 0 bridgehead atoms. The third-order valence-corrected chi connectivity index (χ3v) is 12.8. The molecule has 306 valence electrons. The highest BCUT2D eigenvalue weighted by Crippen LogP contribution is 2.67. The Kier molecular flexibility index (Phi) is 12.3. The number of ketones is 1. The normalized spacial score (nSPS) is 39.6. The Labute approximate surface area is 318 Å². The van der Waals surface area contributed by atoms with Crippen molar-refractivity contribution in [3.05, 3.63) is 0 Å². The number of fused-ring (bicyclic) bond motifs is 5. The van der Waals surface area contributed by atoms with Crippen LogP contribution in [0.5, 0.6) is 0 Å². The molecule has 1 aliphatic heterocycles. The number of methoxy groups -OCH3 is 1. The van der Waals surface area contributed by atoms with Gasteiger partial charge in [0, 0.05) is 45.4 Å². The van der Waals surface area contributed by atoms with E-state index in [2.05, 4.69) is 17.5 Å². The lowest BCUT2D eigenvalue weighted by Gasteiger charge is -2.60. The number of Topliss-reactive ketones (excluding diaryl/α,β-unsaturated/α-hetero) is 1. The van der Waals surface area contributed by atoms with Crippen LogP contribution < -0.4 is 11.2 Å². The van der Waals surface area contributed by atoms with Crippen LogP contribution in [0.4, 0.5) is 4.79 Å². The molecule has 1 saturated heterocycles. The Morgan fingerprint density at radius 2 is 1.49 bits per heavy atom. The van der Waals surface area contributed by atoms with Crippen molar-refractivity contribution in [1.82, 2.24) is 5.43 Å². The largest absolute Gasteiger partial charge is 0.467 e. The predicted octanol–water partition coefficient (Wildman–Crippen LogP) is 1.60. The molecule has 5 aliphatic rings. The first-order chi connectivity index (χ1) is 25.7. The molecule has 18 nitrogen and oxygen atoms in total. The average molecular weight is 780 g/mol. The maximum atomic E-state index is 14.4. The van der Waals surface area contributed by atoms with Gasteiger partial charge in [0.1, 0.15) is 17.5 Å². The van der Waals surface area contributed by atoms with E-state index in [-0.39, 0.29) is 65.5 Å². The quantitative estimate of drug-likeness (QED) is 0.123. The number of urea groups is 1. The molecule has 0 spiro atoms. The molecule has 18 heteroatoms. The molecule has 0 aromatic heterocycles. The smallest absolute Gasteiger partial charge is 0.339 e. The number of ether oxygens (including phenoxy) is 7. The van der Waals surface area contributed by atoms with E-state index in [1.54, 1.807) is 0 Å². The third-order valence-electron chi connectivity index (χ3n) is 12.8. The first kappa shape index (κ1) is 42.0. The second kappa shape index (κ2) is 16.1. The fourth-order valence-electron chi connectivity index (χ4n) is 10.6. The molecular formula is C37H53N3O15. The van der Waals surface area contributed by atoms with Crippen molar-refractivity contribution in [3.63, 3.8) is 0 Å². The van der Waals surface area contributed by atoms with Crippen molar-refractivity contribution in [1.29, 1.82) is 0 Å². The first-order valence-corrected chi connectivity index (χ1v) is 18.7. The lowest BCUT2D eigenvalue weighted by atomic mass is 9.44. The molecule has 4 saturated carbocycles. The number of primary amides is 1. The lowest BCUT2D eigenvalue weighted by Crippen LogP contribution is -2.64. The number of carbonyl (C=O) groups is 7. The summed E-state index contributed by atoms with van der Waals surface area (Å²) in [5, 5.41) is 16.9. The Hall–Kier alpha value is -4.16. The molecule has 5 rings (SSSR count). The summed E-state index contributed by atoms with van der Waals surface area (Å²) in [6.45, 7) is 7.94. The summed E-state index contributed by atoms with van der Waals surface area (Å²) in [5.74, 6) is -4.23. The van der Waals surface area contributed by atoms with Crippen molar-refractivity contribution in [2.45, 2.75) is 135 Å². The Morgan fingerprint density at radius 3 is 2.09 bits per heavy atom. The third kappa shape index (κ3) is 8.08. The fourth-order valence-corrected chi connectivity index (χ4v) is 10.6. The van der Waals surface area contributed by atoms with Gasteiger partial charge >= 0.3 is 35.9 Å². The summed E-state index contributed by atoms with van der Waals surface area (Å²) in [7, 11) is 1.05. The van der Waals surface area contributed by atoms with Crippen molar-refractivity contribution < 1.29 is 71.8 Å². The van der Waals surface area contributed by atoms with Crippen LogP contribution in [0.1, 0.15) is 92.9 Å². The van der Waals surface area contributed by atoms with Crippen LogP contribution in [0.3, 0.4) is 0 Å². The van der Waals surface area contributed by atoms with Crippen molar-refractivity contribution in [2.24, 2.45) is 45.3 Å². The molecule has 55 heavy (non-hydrogen) atoms. The second-order valence-corrected chi connectivity index (χ2v) is 16.0. The molecular weight excluding hydrogens is 726 g/mol. The molecule has 4 N–H and O–H groups in total. The van der Waals surface area contributed by atoms with Crippen molar-refractivity contribution >= 4 is 47.4 Å². The van der Waals surface area contributed by atoms with Gasteiger partial charge in [0.25, 0.3) is 0 Å². The minimum Gasteiger partial charge on any atom is -0.467 e. The predicted molar refractivity (Wildman–Crippen MR) is 186 cm³/mol. The lowest BCUT2D eigenvalue weighted by molar-refractivity contribution is -0.298. The molecule has 4 aliphatic carbocycles. The van der Waals surface area contributed by atoms with E-state index in [4.69, 9.17) is 38.9 Å². The summed E-state index contributed by atoms with van der Waals surface area (Å²) in [6.07, 6.45) is -4.20. The van der Waals surface area contributed by atoms with E-state index in [0.29, 0.717) is 19.3 Å². The van der Waals surface area contributed by atoms with Crippen LogP contribution in [-0.2, 0) is 61.9 Å². The standard InChI is InChI=1S/C37H53N3O15/c1-17(41)51-22-10-12-35(5)21(14-22)8-9-23-24-11-13-37(48,36(24,6)15-25(45)27(23)35)26(39-40-34(38)47)16-50-33-31(54-20(4)44)29(53-19(3)43)28(52-18(2)42)30(55-33)32(46)49-7/h21-24,27-31,33,48H,8-16H2,1-7H3,(H3,38,40,47)/t21?,22-,23?,24?,27?,28-,29-,30?,31+,33+,35?,36?,37+/m1/s1. The van der Waals surface area contributed by atoms with E-state index in [0.717, 1.165) is 47.1 Å². The monoisotopic (exact) mass is 779 g/mol. The number of carbonyl (C=O) groups excluding carboxylic acids is 7. The minimum absolute atomic E-state index is 0.000381. The number of nitrogens with zero attached hydrogens (tertiary/aromatic N) is 1. The first-order valence-electron chi connectivity index (χ1n) is 18.7. The molecule has 13 atom stereocenters. The van der Waals surface area contributed by atoms with Crippen molar-refractivity contribution in [3.8, 4) is 0 Å². The number of hydrogen-bond acceptors (Lipinski definition) is 16. The number of nitrogens with one attached hydrogen (secondary N) is 1. The van der Waals surface area contributed by atoms with Crippen molar-refractivity contribution in [2.75, 3.05) is 13.7 Å². The molecule has 0 aromatic carbocycles. The summed E-state index contributed by atoms with van der Waals surface area (Å²) >= 11 is 0. The molecule has 5 fully saturated rings. The zero-order chi connectivity index (χ0) is 40.6. The van der Waals surface area contributed by atoms with Gasteiger partial charge in [0.05, 0.1) is 19.4 Å². The number of rotatable bonds is 10. The Bertz CT molecular complexity index is 1600. The van der Waals surface area contributed by atoms with Gasteiger partial charge in [-0.15, -0.1) is 0 Å². The van der Waals surface area contributed by atoms with Gasteiger partial charge in [-0.25, -0.2) is 15.0 Å². The number of esters is 5. The Morgan fingerprint density at radius 1 is 0.873 bits per heavy atom. The number of amides is 2. The Balaban J connectivity index is 1.45. The summed E-state index contributed by atoms with van der Waals surface area (Å²) in [5.41, 5.74) is 4.19. The number of nitrogens with two attached hydrogens (primary N) is 1. The molecule has 0 radical (unpaired) electrons. The zero-order valence-corrected chi connectivity index (χ0v) is 32.3. The number of hydrogen-bond donors (Lipinski definition) is 3. The molecule has 2 amide bonds. The number of aliphatic hydroxyl groups is 1. The van der Waals surface area contributed by atoms with E-state index in [1.165, 1.54) is 6.92 Å². The van der Waals surface area contributed by atoms with E-state index in [9.17, 15) is 38.7 Å². The van der Waals surface area contributed by atoms with Gasteiger partial charge < -0.3 is 44.0 Å². The zero-order valence-electron chi connectivity index (χ0n) is 32.3. The van der Waals surface area contributed by atoms with Crippen LogP contribution >= 0.6 is 0 Å². The van der Waals surface area contributed by atoms with Crippen LogP contribution in [0, 0.1) is 34.5 Å². The topological polar surface area (TPSA) is 255 Å². The second-order valence-electron chi connectivity index (χ2n) is 16.0. The highest BCUT2D eigenvalue weighted by molar-refractivity contribution is 5.97. The van der Waals surface area contributed by atoms with Gasteiger partial charge in [0.2, 0.25) is 0 Å². The van der Waals surface area contributed by atoms with E-state index >= 15 is 0 Å². The summed E-state index contributed by atoms with van der Waals surface area (Å²) in [6, 6.07) is -1.05. The van der Waals surface area contributed by atoms with Gasteiger partial charge in [-0.2, -0.15) is 5.10 Å². The average Bonchev–Trinajstić information content (AvgIpc) is 3.35. The molecule has 7 unspecified atom stereocenters. The van der Waals surface area contributed by atoms with Gasteiger partial charge in [0.15, 0.2) is 30.7 Å². The van der Waals surface area contributed by atoms with Gasteiger partial charge in [-0.05, 0) is 68.1 Å². The minimum atomic E-state index is -1.84. The molecule has 0 aromatic rings. The molecule has 1 heterocycles. The summed E-state index contributed by atoms with van der Waals surface area (Å²) < 4.78 is 38.6. The van der Waals surface area contributed by atoms with E-state index < -0.39 is 78.2 Å². The highest BCUT2D eigenvalue weighted by atomic mass is 16.7. The van der Waals surface area contributed by atoms with Crippen LogP contribution in [0.25, 0.3) is 0 Å². The van der Waals surface area contributed by atoms with Crippen LogP contribution in [0.2, 0.25) is 0 Å². The fraction of sp³-hybridized carbons (Fsp3) is 0.784. The van der Waals surface area contributed by atoms with Gasteiger partial charge in [-0.3, -0.25) is 24.0 Å². The number of hydrazone groups is 1. The van der Waals surface area contributed by atoms with Crippen LogP contribution in [-0.4, -0.2) is 109 Å². The van der Waals surface area contributed by atoms with Crippen LogP contribution in [0.15, 0.2) is 5.10 Å². The summed E-state index contributed by atoms with van der Waals surface area (Å²) in [4.78, 5) is 87.7. The maximum absolute atomic E-state index is 14.4.